The molecule has 2 nitrogen and oxygen atoms in total. The summed E-state index contributed by atoms with van der Waals surface area (Å²) in [5.41, 5.74) is 2.08. The smallest absolute Gasteiger partial charge is 0.124 e. The first-order chi connectivity index (χ1) is 6.92. The van der Waals surface area contributed by atoms with Gasteiger partial charge in [-0.3, -0.25) is 4.98 Å². The van der Waals surface area contributed by atoms with Crippen LogP contribution >= 0.6 is 0 Å². The van der Waals surface area contributed by atoms with Crippen molar-refractivity contribution in [3.63, 3.8) is 0 Å². The van der Waals surface area contributed by atoms with Gasteiger partial charge in [0.15, 0.2) is 0 Å². The molecule has 1 atom stereocenters. The molecule has 0 N–H and O–H groups in total. The fourth-order valence-corrected chi connectivity index (χ4v) is 2.08. The number of allylic oxidation sites excluding steroid dienone is 1. The number of nitrogens with zero attached hydrogens (tertiary/aromatic N) is 1. The minimum Gasteiger partial charge on any atom is -0.264 e. The van der Waals surface area contributed by atoms with E-state index >= 15 is 0 Å². The van der Waals surface area contributed by atoms with Crippen molar-refractivity contribution in [3.8, 4) is 0 Å². The maximum absolute atomic E-state index is 10.8. The highest BCUT2D eigenvalue weighted by molar-refractivity contribution is 5.56. The molecule has 0 aliphatic heterocycles. The zero-order chi connectivity index (χ0) is 9.80. The molecular weight excluding hydrogens is 174 g/mol. The Morgan fingerprint density at radius 1 is 1.43 bits per heavy atom. The summed E-state index contributed by atoms with van der Waals surface area (Å²) < 4.78 is 0. The van der Waals surface area contributed by atoms with E-state index in [1.807, 2.05) is 18.3 Å². The summed E-state index contributed by atoms with van der Waals surface area (Å²) >= 11 is 0. The molecule has 0 radical (unpaired) electrons. The van der Waals surface area contributed by atoms with Crippen molar-refractivity contribution in [2.24, 2.45) is 0 Å². The molecule has 1 unspecified atom stereocenters. The van der Waals surface area contributed by atoms with E-state index in [1.165, 1.54) is 6.42 Å². The summed E-state index contributed by atoms with van der Waals surface area (Å²) in [6.07, 6.45) is 7.91. The Hall–Kier alpha value is -1.40. The number of pyridine rings is 1. The van der Waals surface area contributed by atoms with Gasteiger partial charge < -0.3 is 0 Å². The molecule has 1 aromatic heterocycles. The number of hydrogen-bond acceptors (Lipinski definition) is 2. The summed E-state index contributed by atoms with van der Waals surface area (Å²) in [4.78, 5) is 14.8. The minimum atomic E-state index is 0.273. The molecule has 0 aromatic carbocycles. The lowest BCUT2D eigenvalue weighted by Gasteiger charge is -2.22. The summed E-state index contributed by atoms with van der Waals surface area (Å²) in [6.45, 7) is 0. The van der Waals surface area contributed by atoms with Gasteiger partial charge in [0.2, 0.25) is 0 Å². The molecule has 2 heteroatoms. The molecular formula is C12H13NO. The van der Waals surface area contributed by atoms with Crippen LogP contribution in [0.2, 0.25) is 0 Å². The maximum atomic E-state index is 10.8. The molecule has 72 valence electrons. The quantitative estimate of drug-likeness (QED) is 0.632. The zero-order valence-electron chi connectivity index (χ0n) is 8.07. The van der Waals surface area contributed by atoms with Gasteiger partial charge in [-0.05, 0) is 30.9 Å². The van der Waals surface area contributed by atoms with Gasteiger partial charge in [0.25, 0.3) is 0 Å². The topological polar surface area (TPSA) is 30.0 Å². The lowest BCUT2D eigenvalue weighted by molar-refractivity contribution is 0.525. The molecule has 2 rings (SSSR count). The van der Waals surface area contributed by atoms with Crippen molar-refractivity contribution in [3.05, 3.63) is 35.7 Å². The van der Waals surface area contributed by atoms with Crippen LogP contribution in [0.4, 0.5) is 0 Å². The van der Waals surface area contributed by atoms with Gasteiger partial charge in [0, 0.05) is 23.9 Å². The largest absolute Gasteiger partial charge is 0.264 e. The monoisotopic (exact) mass is 187 g/mol. The van der Waals surface area contributed by atoms with Crippen LogP contribution in [-0.4, -0.2) is 10.9 Å². The molecule has 1 aliphatic rings. The van der Waals surface area contributed by atoms with Crippen molar-refractivity contribution >= 4 is 5.94 Å². The molecule has 0 amide bonds. The third kappa shape index (κ3) is 1.75. The number of carbonyl (C=O) groups excluding carboxylic acids is 1. The van der Waals surface area contributed by atoms with E-state index < -0.39 is 0 Å². The van der Waals surface area contributed by atoms with Crippen molar-refractivity contribution < 1.29 is 4.79 Å². The third-order valence-electron chi connectivity index (χ3n) is 2.83. The summed E-state index contributed by atoms with van der Waals surface area (Å²) in [6, 6.07) is 3.96. The molecule has 0 spiro atoms. The van der Waals surface area contributed by atoms with Crippen molar-refractivity contribution in [2.75, 3.05) is 0 Å². The molecule has 0 saturated heterocycles. The molecule has 1 fully saturated rings. The van der Waals surface area contributed by atoms with Crippen LogP contribution in [0.15, 0.2) is 30.1 Å². The summed E-state index contributed by atoms with van der Waals surface area (Å²) in [5.74, 6) is 2.36. The van der Waals surface area contributed by atoms with Crippen LogP contribution in [0.3, 0.4) is 0 Å². The Labute approximate surface area is 83.7 Å². The van der Waals surface area contributed by atoms with Crippen molar-refractivity contribution in [1.29, 1.82) is 0 Å². The first kappa shape index (κ1) is 9.17. The highest BCUT2D eigenvalue weighted by atomic mass is 16.1. The van der Waals surface area contributed by atoms with Crippen molar-refractivity contribution in [1.82, 2.24) is 4.98 Å². The highest BCUT2D eigenvalue weighted by Crippen LogP contribution is 2.35. The van der Waals surface area contributed by atoms with Crippen LogP contribution in [-0.2, 0) is 4.79 Å². The summed E-state index contributed by atoms with van der Waals surface area (Å²) in [5, 5.41) is 0. The molecule has 1 aromatic rings. The Morgan fingerprint density at radius 3 is 3.07 bits per heavy atom. The van der Waals surface area contributed by atoms with E-state index in [0.29, 0.717) is 0 Å². The normalized spacial score (nSPS) is 21.7. The second-order valence-electron chi connectivity index (χ2n) is 3.71. The van der Waals surface area contributed by atoms with Crippen LogP contribution in [0.1, 0.15) is 37.2 Å². The average Bonchev–Trinajstić information content (AvgIpc) is 2.30. The highest BCUT2D eigenvalue weighted by Gasteiger charge is 2.21. The van der Waals surface area contributed by atoms with Crippen LogP contribution in [0, 0.1) is 0 Å². The minimum absolute atomic E-state index is 0.273. The first-order valence-corrected chi connectivity index (χ1v) is 5.05. The third-order valence-corrected chi connectivity index (χ3v) is 2.83. The maximum Gasteiger partial charge on any atom is 0.124 e. The fraction of sp³-hybridized carbons (Fsp3) is 0.417. The van der Waals surface area contributed by atoms with Gasteiger partial charge >= 0.3 is 0 Å². The predicted octanol–water partition coefficient (Wildman–Crippen LogP) is 2.50. The molecule has 1 aliphatic carbocycles. The SMILES string of the molecule is O=C=C1CCCCC1c1cccnc1. The zero-order valence-corrected chi connectivity index (χ0v) is 8.07. The van der Waals surface area contributed by atoms with Gasteiger partial charge in [-0.25, -0.2) is 4.79 Å². The second-order valence-corrected chi connectivity index (χ2v) is 3.71. The Bertz CT molecular complexity index is 352. The van der Waals surface area contributed by atoms with E-state index in [1.54, 1.807) is 6.20 Å². The predicted molar refractivity (Wildman–Crippen MR) is 54.7 cm³/mol. The Morgan fingerprint density at radius 2 is 2.36 bits per heavy atom. The summed E-state index contributed by atoms with van der Waals surface area (Å²) in [7, 11) is 0. The number of rotatable bonds is 1. The standard InChI is InChI=1S/C12H13NO/c14-9-11-4-1-2-6-12(11)10-5-3-7-13-8-10/h3,5,7-8,12H,1-2,4,6H2. The number of hydrogen-bond donors (Lipinski definition) is 0. The lowest BCUT2D eigenvalue weighted by atomic mass is 9.81. The van der Waals surface area contributed by atoms with Crippen LogP contribution < -0.4 is 0 Å². The Kier molecular flexibility index (Phi) is 2.76. The van der Waals surface area contributed by atoms with Gasteiger partial charge in [0.05, 0.1) is 0 Å². The molecule has 14 heavy (non-hydrogen) atoms. The van der Waals surface area contributed by atoms with Gasteiger partial charge in [0.1, 0.15) is 5.94 Å². The van der Waals surface area contributed by atoms with E-state index in [-0.39, 0.29) is 5.92 Å². The van der Waals surface area contributed by atoms with Gasteiger partial charge in [-0.1, -0.05) is 12.5 Å². The second kappa shape index (κ2) is 4.21. The molecule has 1 saturated carbocycles. The lowest BCUT2D eigenvalue weighted by Crippen LogP contribution is -2.09. The van der Waals surface area contributed by atoms with Gasteiger partial charge in [-0.2, -0.15) is 0 Å². The first-order valence-electron chi connectivity index (χ1n) is 5.05. The molecule has 1 heterocycles. The van der Waals surface area contributed by atoms with Crippen molar-refractivity contribution in [2.45, 2.75) is 31.6 Å². The average molecular weight is 187 g/mol. The Balaban J connectivity index is 2.28. The van der Waals surface area contributed by atoms with Crippen LogP contribution in [0.25, 0.3) is 0 Å². The van der Waals surface area contributed by atoms with E-state index in [2.05, 4.69) is 10.9 Å². The van der Waals surface area contributed by atoms with Gasteiger partial charge in [-0.15, -0.1) is 0 Å². The van der Waals surface area contributed by atoms with E-state index in [0.717, 1.165) is 30.4 Å². The fourth-order valence-electron chi connectivity index (χ4n) is 2.08. The molecule has 0 bridgehead atoms. The van der Waals surface area contributed by atoms with E-state index in [9.17, 15) is 4.79 Å². The van der Waals surface area contributed by atoms with Crippen LogP contribution in [0.5, 0.6) is 0 Å². The number of aromatic nitrogens is 1. The van der Waals surface area contributed by atoms with E-state index in [4.69, 9.17) is 0 Å².